The van der Waals surface area contributed by atoms with Gasteiger partial charge in [0.2, 0.25) is 5.91 Å². The summed E-state index contributed by atoms with van der Waals surface area (Å²) >= 11 is 0. The van der Waals surface area contributed by atoms with Crippen LogP contribution >= 0.6 is 0 Å². The molecule has 1 amide bonds. The van der Waals surface area contributed by atoms with Crippen molar-refractivity contribution in [2.45, 2.75) is 32.2 Å². The quantitative estimate of drug-likeness (QED) is 0.758. The molecule has 0 spiro atoms. The van der Waals surface area contributed by atoms with E-state index in [1.807, 2.05) is 30.3 Å². The van der Waals surface area contributed by atoms with Crippen LogP contribution in [0.3, 0.4) is 0 Å². The highest BCUT2D eigenvalue weighted by Gasteiger charge is 2.11. The van der Waals surface area contributed by atoms with Gasteiger partial charge in [0.05, 0.1) is 17.2 Å². The van der Waals surface area contributed by atoms with Gasteiger partial charge < -0.3 is 10.2 Å². The minimum atomic E-state index is -0.248. The first kappa shape index (κ1) is 18.2. The maximum Gasteiger partial charge on any atom is 0.261 e. The molecule has 0 saturated carbocycles. The normalized spacial score (nSPS) is 14.6. The van der Waals surface area contributed by atoms with Gasteiger partial charge in [-0.2, -0.15) is 0 Å². The van der Waals surface area contributed by atoms with Gasteiger partial charge in [-0.05, 0) is 49.2 Å². The van der Waals surface area contributed by atoms with E-state index in [1.165, 1.54) is 42.3 Å². The van der Waals surface area contributed by atoms with Crippen molar-refractivity contribution in [3.8, 4) is 0 Å². The predicted octanol–water partition coefficient (Wildman–Crippen LogP) is 3.42. The Morgan fingerprint density at radius 2 is 1.68 bits per heavy atom. The predicted molar refractivity (Wildman–Crippen MR) is 112 cm³/mol. The van der Waals surface area contributed by atoms with Gasteiger partial charge in [-0.15, -0.1) is 0 Å². The standard InChI is InChI=1S/C22H24N4O2/c27-21(15-26-16-23-20-8-4-3-7-19(20)22(26)28)24-17-9-11-18(12-10-17)25-13-5-1-2-6-14-25/h3-4,7-12,16H,1-2,5-6,13-15H2,(H,24,27). The molecule has 144 valence electrons. The van der Waals surface area contributed by atoms with E-state index in [4.69, 9.17) is 0 Å². The van der Waals surface area contributed by atoms with Gasteiger partial charge in [0.25, 0.3) is 5.56 Å². The topological polar surface area (TPSA) is 67.2 Å². The molecule has 0 radical (unpaired) electrons. The summed E-state index contributed by atoms with van der Waals surface area (Å²) in [4.78, 5) is 31.5. The number of amides is 1. The van der Waals surface area contributed by atoms with Crippen molar-refractivity contribution in [1.29, 1.82) is 0 Å². The van der Waals surface area contributed by atoms with Gasteiger partial charge in [-0.25, -0.2) is 4.98 Å². The van der Waals surface area contributed by atoms with E-state index < -0.39 is 0 Å². The van der Waals surface area contributed by atoms with E-state index in [2.05, 4.69) is 15.2 Å². The number of nitrogens with one attached hydrogen (secondary N) is 1. The first-order valence-corrected chi connectivity index (χ1v) is 9.80. The second-order valence-corrected chi connectivity index (χ2v) is 7.19. The van der Waals surface area contributed by atoms with Gasteiger partial charge in [0, 0.05) is 24.5 Å². The Hall–Kier alpha value is -3.15. The zero-order valence-electron chi connectivity index (χ0n) is 15.8. The molecule has 1 aromatic heterocycles. The number of hydrogen-bond donors (Lipinski definition) is 1. The van der Waals surface area contributed by atoms with Gasteiger partial charge in [-0.3, -0.25) is 14.2 Å². The van der Waals surface area contributed by atoms with Crippen molar-refractivity contribution in [3.05, 3.63) is 65.2 Å². The zero-order chi connectivity index (χ0) is 19.3. The fourth-order valence-corrected chi connectivity index (χ4v) is 3.66. The molecule has 0 atom stereocenters. The minimum Gasteiger partial charge on any atom is -0.372 e. The lowest BCUT2D eigenvalue weighted by Crippen LogP contribution is -2.28. The van der Waals surface area contributed by atoms with Crippen molar-refractivity contribution in [3.63, 3.8) is 0 Å². The van der Waals surface area contributed by atoms with E-state index in [1.54, 1.807) is 18.2 Å². The summed E-state index contributed by atoms with van der Waals surface area (Å²) in [5.74, 6) is -0.248. The molecular formula is C22H24N4O2. The monoisotopic (exact) mass is 376 g/mol. The average molecular weight is 376 g/mol. The number of nitrogens with zero attached hydrogens (tertiary/aromatic N) is 3. The highest BCUT2D eigenvalue weighted by molar-refractivity contribution is 5.91. The third-order valence-electron chi connectivity index (χ3n) is 5.17. The molecular weight excluding hydrogens is 352 g/mol. The summed E-state index contributed by atoms with van der Waals surface area (Å²) in [6.45, 7) is 2.11. The van der Waals surface area contributed by atoms with E-state index >= 15 is 0 Å². The van der Waals surface area contributed by atoms with E-state index in [9.17, 15) is 9.59 Å². The molecule has 3 aromatic rings. The molecule has 1 aliphatic rings. The summed E-state index contributed by atoms with van der Waals surface area (Å²) in [7, 11) is 0. The Labute approximate surface area is 163 Å². The molecule has 1 fully saturated rings. The van der Waals surface area contributed by atoms with Crippen LogP contribution in [0.15, 0.2) is 59.7 Å². The molecule has 2 aromatic carbocycles. The van der Waals surface area contributed by atoms with Crippen molar-refractivity contribution in [2.24, 2.45) is 0 Å². The van der Waals surface area contributed by atoms with Crippen LogP contribution in [0, 0.1) is 0 Å². The maximum absolute atomic E-state index is 12.5. The van der Waals surface area contributed by atoms with Crippen LogP contribution in [-0.2, 0) is 11.3 Å². The smallest absolute Gasteiger partial charge is 0.261 e. The molecule has 0 unspecified atom stereocenters. The Morgan fingerprint density at radius 1 is 0.964 bits per heavy atom. The second kappa shape index (κ2) is 8.25. The minimum absolute atomic E-state index is 0.0649. The first-order chi connectivity index (χ1) is 13.7. The molecule has 0 bridgehead atoms. The number of para-hydroxylation sites is 1. The number of anilines is 2. The Kier molecular flexibility index (Phi) is 5.37. The SMILES string of the molecule is O=C(Cn1cnc2ccccc2c1=O)Nc1ccc(N2CCCCCC2)cc1. The number of benzene rings is 2. The second-order valence-electron chi connectivity index (χ2n) is 7.19. The van der Waals surface area contributed by atoms with Gasteiger partial charge >= 0.3 is 0 Å². The Balaban J connectivity index is 1.42. The third kappa shape index (κ3) is 4.06. The molecule has 1 aliphatic heterocycles. The van der Waals surface area contributed by atoms with Gasteiger partial charge in [0.15, 0.2) is 0 Å². The average Bonchev–Trinajstić information content (AvgIpc) is 3.00. The summed E-state index contributed by atoms with van der Waals surface area (Å²) in [5, 5.41) is 3.38. The highest BCUT2D eigenvalue weighted by atomic mass is 16.2. The summed E-state index contributed by atoms with van der Waals surface area (Å²) in [5.41, 5.74) is 2.34. The Morgan fingerprint density at radius 3 is 2.43 bits per heavy atom. The van der Waals surface area contributed by atoms with Crippen LogP contribution < -0.4 is 15.8 Å². The fourth-order valence-electron chi connectivity index (χ4n) is 3.66. The highest BCUT2D eigenvalue weighted by Crippen LogP contribution is 2.21. The van der Waals surface area contributed by atoms with Crippen LogP contribution in [-0.4, -0.2) is 28.5 Å². The number of fused-ring (bicyclic) bond motifs is 1. The molecule has 0 aliphatic carbocycles. The Bertz CT molecular complexity index is 1020. The van der Waals surface area contributed by atoms with Crippen LogP contribution in [0.2, 0.25) is 0 Å². The van der Waals surface area contributed by atoms with Crippen LogP contribution in [0.4, 0.5) is 11.4 Å². The lowest BCUT2D eigenvalue weighted by Gasteiger charge is -2.22. The molecule has 6 heteroatoms. The summed E-state index contributed by atoms with van der Waals surface area (Å²) in [6.07, 6.45) is 6.48. The summed E-state index contributed by atoms with van der Waals surface area (Å²) < 4.78 is 1.34. The van der Waals surface area contributed by atoms with E-state index in [-0.39, 0.29) is 18.0 Å². The number of rotatable bonds is 4. The first-order valence-electron chi connectivity index (χ1n) is 9.80. The van der Waals surface area contributed by atoms with Crippen molar-refractivity contribution >= 4 is 28.2 Å². The summed E-state index contributed by atoms with van der Waals surface area (Å²) in [6, 6.07) is 15.1. The molecule has 28 heavy (non-hydrogen) atoms. The van der Waals surface area contributed by atoms with Crippen LogP contribution in [0.25, 0.3) is 10.9 Å². The van der Waals surface area contributed by atoms with E-state index in [0.717, 1.165) is 18.8 Å². The molecule has 4 rings (SSSR count). The molecule has 6 nitrogen and oxygen atoms in total. The van der Waals surface area contributed by atoms with Crippen LogP contribution in [0.5, 0.6) is 0 Å². The zero-order valence-corrected chi connectivity index (χ0v) is 15.8. The molecule has 1 N–H and O–H groups in total. The molecule has 1 saturated heterocycles. The largest absolute Gasteiger partial charge is 0.372 e. The lowest BCUT2D eigenvalue weighted by atomic mass is 10.2. The lowest BCUT2D eigenvalue weighted by molar-refractivity contribution is -0.116. The van der Waals surface area contributed by atoms with Gasteiger partial charge in [0.1, 0.15) is 6.54 Å². The van der Waals surface area contributed by atoms with Gasteiger partial charge in [-0.1, -0.05) is 25.0 Å². The third-order valence-corrected chi connectivity index (χ3v) is 5.17. The number of carbonyl (C=O) groups is 1. The van der Waals surface area contributed by atoms with E-state index in [0.29, 0.717) is 10.9 Å². The maximum atomic E-state index is 12.5. The number of carbonyl (C=O) groups excluding carboxylic acids is 1. The fraction of sp³-hybridized carbons (Fsp3) is 0.318. The number of hydrogen-bond acceptors (Lipinski definition) is 4. The number of aromatic nitrogens is 2. The van der Waals surface area contributed by atoms with Crippen molar-refractivity contribution in [1.82, 2.24) is 9.55 Å². The van der Waals surface area contributed by atoms with Crippen LogP contribution in [0.1, 0.15) is 25.7 Å². The molecule has 2 heterocycles. The van der Waals surface area contributed by atoms with Crippen molar-refractivity contribution < 1.29 is 4.79 Å². The van der Waals surface area contributed by atoms with Crippen molar-refractivity contribution in [2.75, 3.05) is 23.3 Å².